The number of anilines is 1. The summed E-state index contributed by atoms with van der Waals surface area (Å²) >= 11 is 11.8. The van der Waals surface area contributed by atoms with Gasteiger partial charge in [-0.2, -0.15) is 0 Å². The van der Waals surface area contributed by atoms with Gasteiger partial charge in [0.15, 0.2) is 5.11 Å². The standard InChI is InChI=1S/C21H28ClN3OS/c1-17-15-18(8-9-20(17)22)23-21(27)25(16-19-7-5-14-26-19)13-6-12-24-10-3-2-4-11-24/h5,7-9,14-15H,2-4,6,10-13,16H2,1H3,(H,23,27)/p+1. The third-order valence-corrected chi connectivity index (χ3v) is 5.93. The predicted molar refractivity (Wildman–Crippen MR) is 116 cm³/mol. The molecular formula is C21H29ClN3OS+. The van der Waals surface area contributed by atoms with E-state index in [0.29, 0.717) is 6.54 Å². The van der Waals surface area contributed by atoms with Gasteiger partial charge < -0.3 is 19.5 Å². The fourth-order valence-electron chi connectivity index (χ4n) is 3.59. The molecule has 1 aliphatic heterocycles. The molecule has 0 atom stereocenters. The minimum absolute atomic E-state index is 0.681. The zero-order chi connectivity index (χ0) is 19.1. The van der Waals surface area contributed by atoms with Crippen molar-refractivity contribution in [3.05, 3.63) is 52.9 Å². The highest BCUT2D eigenvalue weighted by atomic mass is 35.5. The molecule has 0 aliphatic carbocycles. The summed E-state index contributed by atoms with van der Waals surface area (Å²) in [6.07, 6.45) is 6.95. The quantitative estimate of drug-likeness (QED) is 0.683. The largest absolute Gasteiger partial charge is 0.467 e. The molecule has 3 rings (SSSR count). The zero-order valence-corrected chi connectivity index (χ0v) is 17.5. The molecule has 0 spiro atoms. The summed E-state index contributed by atoms with van der Waals surface area (Å²) in [6.45, 7) is 7.43. The highest BCUT2D eigenvalue weighted by molar-refractivity contribution is 7.80. The Balaban J connectivity index is 1.59. The van der Waals surface area contributed by atoms with E-state index in [2.05, 4.69) is 10.2 Å². The summed E-state index contributed by atoms with van der Waals surface area (Å²) in [5.41, 5.74) is 2.00. The molecule has 4 nitrogen and oxygen atoms in total. The first-order valence-electron chi connectivity index (χ1n) is 9.80. The van der Waals surface area contributed by atoms with Crippen molar-refractivity contribution in [3.8, 4) is 0 Å². The van der Waals surface area contributed by atoms with E-state index in [9.17, 15) is 0 Å². The zero-order valence-electron chi connectivity index (χ0n) is 16.0. The lowest BCUT2D eigenvalue weighted by Gasteiger charge is -2.27. The van der Waals surface area contributed by atoms with Crippen molar-refractivity contribution in [1.82, 2.24) is 4.90 Å². The van der Waals surface area contributed by atoms with Gasteiger partial charge >= 0.3 is 0 Å². The number of rotatable bonds is 7. The molecule has 2 heterocycles. The number of likely N-dealkylation sites (tertiary alicyclic amines) is 1. The van der Waals surface area contributed by atoms with Crippen LogP contribution in [0.1, 0.15) is 37.0 Å². The Hall–Kier alpha value is -1.56. The van der Waals surface area contributed by atoms with Crippen molar-refractivity contribution < 1.29 is 9.32 Å². The lowest BCUT2D eigenvalue weighted by atomic mass is 10.1. The van der Waals surface area contributed by atoms with Gasteiger partial charge in [0.25, 0.3) is 0 Å². The summed E-state index contributed by atoms with van der Waals surface area (Å²) in [5.74, 6) is 0.928. The molecule has 1 aromatic carbocycles. The SMILES string of the molecule is Cc1cc(NC(=S)N(CCC[NH+]2CCCCC2)Cc2ccco2)ccc1Cl. The van der Waals surface area contributed by atoms with Gasteiger partial charge in [-0.1, -0.05) is 11.6 Å². The first kappa shape index (κ1) is 20.2. The molecule has 0 amide bonds. The molecule has 1 saturated heterocycles. The van der Waals surface area contributed by atoms with Gasteiger partial charge in [0.1, 0.15) is 5.76 Å². The van der Waals surface area contributed by atoms with E-state index in [4.69, 9.17) is 28.2 Å². The monoisotopic (exact) mass is 406 g/mol. The van der Waals surface area contributed by atoms with Gasteiger partial charge in [-0.25, -0.2) is 0 Å². The maximum absolute atomic E-state index is 6.13. The van der Waals surface area contributed by atoms with E-state index >= 15 is 0 Å². The van der Waals surface area contributed by atoms with Gasteiger partial charge in [-0.15, -0.1) is 0 Å². The number of nitrogens with zero attached hydrogens (tertiary/aromatic N) is 1. The number of thiocarbonyl (C=S) groups is 1. The van der Waals surface area contributed by atoms with Crippen LogP contribution in [0.4, 0.5) is 5.69 Å². The minimum Gasteiger partial charge on any atom is -0.467 e. The lowest BCUT2D eigenvalue weighted by Crippen LogP contribution is -3.12. The Labute approximate surface area is 172 Å². The summed E-state index contributed by atoms with van der Waals surface area (Å²) in [4.78, 5) is 3.92. The first-order chi connectivity index (χ1) is 13.1. The van der Waals surface area contributed by atoms with Crippen LogP contribution in [-0.2, 0) is 6.54 Å². The second kappa shape index (κ2) is 10.1. The average Bonchev–Trinajstić information content (AvgIpc) is 3.18. The summed E-state index contributed by atoms with van der Waals surface area (Å²) in [6, 6.07) is 9.81. The molecule has 1 aliphatic rings. The molecule has 2 N–H and O–H groups in total. The molecule has 0 unspecified atom stereocenters. The maximum Gasteiger partial charge on any atom is 0.173 e. The number of quaternary nitrogens is 1. The number of halogens is 1. The Bertz CT molecular complexity index is 729. The van der Waals surface area contributed by atoms with Crippen LogP contribution >= 0.6 is 23.8 Å². The van der Waals surface area contributed by atoms with Gasteiger partial charge in [0, 0.05) is 23.7 Å². The number of piperidine rings is 1. The fraction of sp³-hybridized carbons (Fsp3) is 0.476. The predicted octanol–water partition coefficient (Wildman–Crippen LogP) is 3.90. The van der Waals surface area contributed by atoms with Gasteiger partial charge in [-0.3, -0.25) is 0 Å². The van der Waals surface area contributed by atoms with Crippen LogP contribution in [0, 0.1) is 6.92 Å². The van der Waals surface area contributed by atoms with E-state index in [1.807, 2.05) is 37.3 Å². The molecule has 27 heavy (non-hydrogen) atoms. The Kier molecular flexibility index (Phi) is 7.56. The van der Waals surface area contributed by atoms with Crippen LogP contribution in [0.15, 0.2) is 41.0 Å². The molecule has 1 fully saturated rings. The third-order valence-electron chi connectivity index (χ3n) is 5.14. The van der Waals surface area contributed by atoms with E-state index in [1.165, 1.54) is 38.9 Å². The molecule has 146 valence electrons. The molecule has 6 heteroatoms. The highest BCUT2D eigenvalue weighted by Gasteiger charge is 2.16. The second-order valence-electron chi connectivity index (χ2n) is 7.31. The fourth-order valence-corrected chi connectivity index (χ4v) is 3.98. The van der Waals surface area contributed by atoms with Gasteiger partial charge in [0.2, 0.25) is 0 Å². The smallest absolute Gasteiger partial charge is 0.173 e. The normalized spacial score (nSPS) is 14.9. The van der Waals surface area contributed by atoms with Gasteiger partial charge in [-0.05, 0) is 74.3 Å². The van der Waals surface area contributed by atoms with Crippen molar-refractivity contribution in [2.75, 3.05) is 31.5 Å². The molecular weight excluding hydrogens is 378 g/mol. The molecule has 2 aromatic rings. The summed E-state index contributed by atoms with van der Waals surface area (Å²) in [5, 5.41) is 4.85. The van der Waals surface area contributed by atoms with Crippen LogP contribution in [0.25, 0.3) is 0 Å². The number of benzene rings is 1. The van der Waals surface area contributed by atoms with E-state index in [1.54, 1.807) is 11.2 Å². The van der Waals surface area contributed by atoms with E-state index < -0.39 is 0 Å². The number of nitrogens with one attached hydrogen (secondary N) is 2. The third kappa shape index (κ3) is 6.23. The van der Waals surface area contributed by atoms with Crippen LogP contribution in [0.2, 0.25) is 5.02 Å². The topological polar surface area (TPSA) is 32.9 Å². The number of furan rings is 1. The molecule has 0 bridgehead atoms. The Morgan fingerprint density at radius 3 is 2.78 bits per heavy atom. The summed E-state index contributed by atoms with van der Waals surface area (Å²) in [7, 11) is 0. The van der Waals surface area contributed by atoms with Crippen LogP contribution < -0.4 is 10.2 Å². The van der Waals surface area contributed by atoms with Crippen LogP contribution in [0.3, 0.4) is 0 Å². The maximum atomic E-state index is 6.13. The highest BCUT2D eigenvalue weighted by Crippen LogP contribution is 2.20. The second-order valence-corrected chi connectivity index (χ2v) is 8.10. The number of aryl methyl sites for hydroxylation is 1. The van der Waals surface area contributed by atoms with Crippen LogP contribution in [0.5, 0.6) is 0 Å². The molecule has 1 aromatic heterocycles. The lowest BCUT2D eigenvalue weighted by molar-refractivity contribution is -0.905. The van der Waals surface area contributed by atoms with Gasteiger partial charge in [0.05, 0.1) is 32.4 Å². The Morgan fingerprint density at radius 1 is 1.26 bits per heavy atom. The average molecular weight is 407 g/mol. The van der Waals surface area contributed by atoms with Crippen molar-refractivity contribution in [1.29, 1.82) is 0 Å². The van der Waals surface area contributed by atoms with E-state index in [-0.39, 0.29) is 0 Å². The minimum atomic E-state index is 0.681. The van der Waals surface area contributed by atoms with Crippen molar-refractivity contribution >= 4 is 34.6 Å². The van der Waals surface area contributed by atoms with E-state index in [0.717, 1.165) is 40.1 Å². The van der Waals surface area contributed by atoms with Crippen LogP contribution in [-0.4, -0.2) is 36.2 Å². The summed E-state index contributed by atoms with van der Waals surface area (Å²) < 4.78 is 5.54. The van der Waals surface area contributed by atoms with Crippen molar-refractivity contribution in [2.24, 2.45) is 0 Å². The number of hydrogen-bond donors (Lipinski definition) is 2. The first-order valence-corrected chi connectivity index (χ1v) is 10.6. The van der Waals surface area contributed by atoms with Crippen molar-refractivity contribution in [2.45, 2.75) is 39.2 Å². The van der Waals surface area contributed by atoms with Crippen molar-refractivity contribution in [3.63, 3.8) is 0 Å². The molecule has 0 saturated carbocycles. The number of hydrogen-bond acceptors (Lipinski definition) is 2. The Morgan fingerprint density at radius 2 is 2.07 bits per heavy atom. The molecule has 0 radical (unpaired) electrons.